The molecule has 1 atom stereocenters. The molecular formula is C23H28Cl2N2O3. The average molecular weight is 451 g/mol. The number of rotatable bonds is 12. The first-order chi connectivity index (χ1) is 14.5. The second-order valence-corrected chi connectivity index (χ2v) is 8.11. The van der Waals surface area contributed by atoms with Gasteiger partial charge < -0.3 is 25.3 Å². The second kappa shape index (κ2) is 11.6. The van der Waals surface area contributed by atoms with Crippen LogP contribution in [0.4, 0.5) is 5.69 Å². The number of furan rings is 1. The summed E-state index contributed by atoms with van der Waals surface area (Å²) in [5, 5.41) is 15.4. The molecule has 162 valence electrons. The molecule has 0 saturated carbocycles. The summed E-state index contributed by atoms with van der Waals surface area (Å²) in [5.74, 6) is 0.961. The fraction of sp³-hybridized carbons (Fsp3) is 0.391. The van der Waals surface area contributed by atoms with Crippen molar-refractivity contribution in [3.8, 4) is 0 Å². The van der Waals surface area contributed by atoms with Gasteiger partial charge in [0.2, 0.25) is 0 Å². The molecule has 0 bridgehead atoms. The molecule has 1 heterocycles. The van der Waals surface area contributed by atoms with E-state index in [1.165, 1.54) is 0 Å². The third-order valence-corrected chi connectivity index (χ3v) is 5.56. The van der Waals surface area contributed by atoms with Crippen molar-refractivity contribution in [1.29, 1.82) is 0 Å². The van der Waals surface area contributed by atoms with Gasteiger partial charge in [-0.1, -0.05) is 41.4 Å². The first kappa shape index (κ1) is 22.9. The van der Waals surface area contributed by atoms with E-state index in [2.05, 4.69) is 17.4 Å². The van der Waals surface area contributed by atoms with E-state index >= 15 is 0 Å². The number of unbranched alkanes of at least 4 members (excludes halogenated alkanes) is 2. The van der Waals surface area contributed by atoms with Gasteiger partial charge in [0.15, 0.2) is 0 Å². The number of aliphatic hydroxyl groups is 1. The summed E-state index contributed by atoms with van der Waals surface area (Å²) in [7, 11) is 0. The summed E-state index contributed by atoms with van der Waals surface area (Å²) in [4.78, 5) is 0. The molecular weight excluding hydrogens is 423 g/mol. The van der Waals surface area contributed by atoms with Gasteiger partial charge in [0.25, 0.3) is 0 Å². The minimum Gasteiger partial charge on any atom is -0.461 e. The van der Waals surface area contributed by atoms with Crippen LogP contribution in [-0.4, -0.2) is 31.4 Å². The SMILES string of the molecule is Nc1c(Cl)cc(C(O)CNCCCCCOCCc2cc3ccccc3o2)cc1Cl. The van der Waals surface area contributed by atoms with Gasteiger partial charge >= 0.3 is 0 Å². The van der Waals surface area contributed by atoms with Gasteiger partial charge in [-0.15, -0.1) is 0 Å². The van der Waals surface area contributed by atoms with Crippen molar-refractivity contribution >= 4 is 39.9 Å². The van der Waals surface area contributed by atoms with Crippen LogP contribution in [0.25, 0.3) is 11.0 Å². The van der Waals surface area contributed by atoms with Crippen LogP contribution in [0, 0.1) is 0 Å². The highest BCUT2D eigenvalue weighted by molar-refractivity contribution is 6.38. The Balaban J connectivity index is 1.21. The predicted octanol–water partition coefficient (Wildman–Crippen LogP) is 5.37. The van der Waals surface area contributed by atoms with Crippen molar-refractivity contribution in [2.24, 2.45) is 0 Å². The van der Waals surface area contributed by atoms with Gasteiger partial charge in [-0.25, -0.2) is 0 Å². The van der Waals surface area contributed by atoms with Crippen molar-refractivity contribution in [3.63, 3.8) is 0 Å². The molecule has 2 aromatic carbocycles. The quantitative estimate of drug-likeness (QED) is 0.255. The molecule has 1 unspecified atom stereocenters. The highest BCUT2D eigenvalue weighted by atomic mass is 35.5. The lowest BCUT2D eigenvalue weighted by Crippen LogP contribution is -2.22. The first-order valence-corrected chi connectivity index (χ1v) is 11.0. The van der Waals surface area contributed by atoms with Crippen LogP contribution in [0.5, 0.6) is 0 Å². The lowest BCUT2D eigenvalue weighted by Gasteiger charge is -2.14. The Morgan fingerprint density at radius 1 is 1.03 bits per heavy atom. The van der Waals surface area contributed by atoms with E-state index in [1.54, 1.807) is 12.1 Å². The van der Waals surface area contributed by atoms with Gasteiger partial charge in [-0.2, -0.15) is 0 Å². The largest absolute Gasteiger partial charge is 0.461 e. The number of aliphatic hydroxyl groups excluding tert-OH is 1. The number of hydrogen-bond acceptors (Lipinski definition) is 5. The fourth-order valence-corrected chi connectivity index (χ4v) is 3.72. The van der Waals surface area contributed by atoms with Crippen LogP contribution in [0.1, 0.15) is 36.7 Å². The summed E-state index contributed by atoms with van der Waals surface area (Å²) in [6.45, 7) is 2.67. The maximum absolute atomic E-state index is 10.3. The summed E-state index contributed by atoms with van der Waals surface area (Å²) in [5.41, 5.74) is 7.63. The highest BCUT2D eigenvalue weighted by Crippen LogP contribution is 2.31. The van der Waals surface area contributed by atoms with Crippen LogP contribution >= 0.6 is 23.2 Å². The zero-order chi connectivity index (χ0) is 21.3. The van der Waals surface area contributed by atoms with Crippen LogP contribution in [0.15, 0.2) is 46.9 Å². The minimum absolute atomic E-state index is 0.335. The van der Waals surface area contributed by atoms with Gasteiger partial charge in [0.1, 0.15) is 11.3 Å². The molecule has 0 aliphatic heterocycles. The van der Waals surface area contributed by atoms with Crippen molar-refractivity contribution in [2.75, 3.05) is 32.0 Å². The minimum atomic E-state index is -0.679. The molecule has 0 saturated heterocycles. The number of nitrogens with one attached hydrogen (secondary N) is 1. The molecule has 0 fully saturated rings. The molecule has 4 N–H and O–H groups in total. The predicted molar refractivity (Wildman–Crippen MR) is 123 cm³/mol. The molecule has 3 rings (SSSR count). The number of fused-ring (bicyclic) bond motifs is 1. The standard InChI is InChI=1S/C23H28Cl2N2O3/c24-19-13-17(14-20(25)23(19)26)21(28)15-27-9-4-1-5-10-29-11-8-18-12-16-6-2-3-7-22(16)30-18/h2-3,6-7,12-14,21,27-28H,1,4-5,8-11,15,26H2. The zero-order valence-electron chi connectivity index (χ0n) is 16.9. The Hall–Kier alpha value is -1.76. The molecule has 30 heavy (non-hydrogen) atoms. The first-order valence-electron chi connectivity index (χ1n) is 10.2. The van der Waals surface area contributed by atoms with Gasteiger partial charge in [-0.05, 0) is 55.6 Å². The van der Waals surface area contributed by atoms with Gasteiger partial charge in [0, 0.05) is 25.0 Å². The molecule has 1 aromatic heterocycles. The van der Waals surface area contributed by atoms with E-state index in [4.69, 9.17) is 38.1 Å². The van der Waals surface area contributed by atoms with Crippen LogP contribution in [-0.2, 0) is 11.2 Å². The Kier molecular flexibility index (Phi) is 8.85. The fourth-order valence-electron chi connectivity index (χ4n) is 3.22. The molecule has 0 amide bonds. The Bertz CT molecular complexity index is 889. The van der Waals surface area contributed by atoms with Crippen LogP contribution in [0.3, 0.4) is 0 Å². The number of hydrogen-bond donors (Lipinski definition) is 3. The maximum Gasteiger partial charge on any atom is 0.134 e. The second-order valence-electron chi connectivity index (χ2n) is 7.29. The van der Waals surface area contributed by atoms with Gasteiger partial charge in [0.05, 0.1) is 28.4 Å². The number of anilines is 1. The van der Waals surface area contributed by atoms with E-state index in [-0.39, 0.29) is 0 Å². The third kappa shape index (κ3) is 6.62. The lowest BCUT2D eigenvalue weighted by molar-refractivity contribution is 0.129. The number of para-hydroxylation sites is 1. The van der Waals surface area contributed by atoms with Crippen molar-refractivity contribution in [3.05, 3.63) is 63.8 Å². The Labute approximate surface area is 187 Å². The van der Waals surface area contributed by atoms with Gasteiger partial charge in [-0.3, -0.25) is 0 Å². The smallest absolute Gasteiger partial charge is 0.134 e. The number of halogens is 2. The lowest BCUT2D eigenvalue weighted by atomic mass is 10.1. The molecule has 3 aromatic rings. The molecule has 0 radical (unpaired) electrons. The summed E-state index contributed by atoms with van der Waals surface area (Å²) in [6.07, 6.45) is 3.19. The van der Waals surface area contributed by atoms with Crippen LogP contribution < -0.4 is 11.1 Å². The third-order valence-electron chi connectivity index (χ3n) is 4.94. The summed E-state index contributed by atoms with van der Waals surface area (Å²) in [6, 6.07) is 13.4. The monoisotopic (exact) mass is 450 g/mol. The van der Waals surface area contributed by atoms with E-state index in [9.17, 15) is 5.11 Å². The number of nitrogen functional groups attached to an aromatic ring is 1. The van der Waals surface area contributed by atoms with E-state index in [0.29, 0.717) is 34.4 Å². The molecule has 0 aliphatic rings. The van der Waals surface area contributed by atoms with E-state index in [1.807, 2.05) is 18.2 Å². The zero-order valence-corrected chi connectivity index (χ0v) is 18.4. The number of nitrogens with two attached hydrogens (primary N) is 1. The summed E-state index contributed by atoms with van der Waals surface area (Å²) < 4.78 is 11.5. The van der Waals surface area contributed by atoms with Crippen molar-refractivity contribution < 1.29 is 14.3 Å². The maximum atomic E-state index is 10.3. The molecule has 7 heteroatoms. The number of ether oxygens (including phenoxy) is 1. The van der Waals surface area contributed by atoms with E-state index in [0.717, 1.165) is 55.6 Å². The number of benzene rings is 2. The van der Waals surface area contributed by atoms with Crippen LogP contribution in [0.2, 0.25) is 10.0 Å². The highest BCUT2D eigenvalue weighted by Gasteiger charge is 2.12. The Morgan fingerprint density at radius 2 is 1.80 bits per heavy atom. The molecule has 5 nitrogen and oxygen atoms in total. The topological polar surface area (TPSA) is 80.7 Å². The summed E-state index contributed by atoms with van der Waals surface area (Å²) >= 11 is 12.0. The van der Waals surface area contributed by atoms with Crippen molar-refractivity contribution in [2.45, 2.75) is 31.8 Å². The normalized spacial score (nSPS) is 12.5. The Morgan fingerprint density at radius 3 is 2.57 bits per heavy atom. The average Bonchev–Trinajstić information content (AvgIpc) is 3.15. The van der Waals surface area contributed by atoms with E-state index < -0.39 is 6.10 Å². The molecule has 0 aliphatic carbocycles. The molecule has 0 spiro atoms. The van der Waals surface area contributed by atoms with Crippen molar-refractivity contribution in [1.82, 2.24) is 5.32 Å².